The molecular weight excluding hydrogens is 402 g/mol. The van der Waals surface area contributed by atoms with E-state index in [-0.39, 0.29) is 0 Å². The molecule has 0 unspecified atom stereocenters. The highest BCUT2D eigenvalue weighted by molar-refractivity contribution is 5.93. The van der Waals surface area contributed by atoms with E-state index >= 15 is 0 Å². The highest BCUT2D eigenvalue weighted by Crippen LogP contribution is 2.22. The van der Waals surface area contributed by atoms with E-state index in [4.69, 9.17) is 15.2 Å². The van der Waals surface area contributed by atoms with Gasteiger partial charge in [0.1, 0.15) is 11.5 Å². The normalized spacial score (nSPS) is 10.4. The number of nitrogens with two attached hydrogens (primary N) is 1. The van der Waals surface area contributed by atoms with Gasteiger partial charge in [-0.3, -0.25) is 0 Å². The van der Waals surface area contributed by atoms with Gasteiger partial charge in [-0.1, -0.05) is 42.0 Å². The van der Waals surface area contributed by atoms with Crippen LogP contribution in [0.3, 0.4) is 0 Å². The van der Waals surface area contributed by atoms with Crippen LogP contribution in [-0.4, -0.2) is 11.9 Å². The Bertz CT molecular complexity index is 1130. The molecule has 0 aliphatic rings. The number of hydrogen-bond acceptors (Lipinski definition) is 5. The molecule has 4 aromatic carbocycles. The highest BCUT2D eigenvalue weighted by Gasteiger charge is 2.11. The zero-order chi connectivity index (χ0) is 22.5. The van der Waals surface area contributed by atoms with Crippen molar-refractivity contribution < 1.29 is 19.1 Å². The van der Waals surface area contributed by atoms with Crippen molar-refractivity contribution in [2.24, 2.45) is 0 Å². The summed E-state index contributed by atoms with van der Waals surface area (Å²) in [7, 11) is 0. The van der Waals surface area contributed by atoms with Crippen LogP contribution in [0, 0.1) is 6.92 Å². The lowest BCUT2D eigenvalue weighted by molar-refractivity contribution is 0.0725. The molecule has 32 heavy (non-hydrogen) atoms. The number of aryl methyl sites for hydroxylation is 1. The van der Waals surface area contributed by atoms with Gasteiger partial charge in [-0.05, 0) is 78.7 Å². The smallest absolute Gasteiger partial charge is 0.343 e. The zero-order valence-electron chi connectivity index (χ0n) is 17.4. The van der Waals surface area contributed by atoms with Crippen molar-refractivity contribution in [1.29, 1.82) is 0 Å². The molecule has 0 aliphatic carbocycles. The van der Waals surface area contributed by atoms with Gasteiger partial charge in [-0.15, -0.1) is 0 Å². The monoisotopic (exact) mass is 423 g/mol. The van der Waals surface area contributed by atoms with Gasteiger partial charge in [0, 0.05) is 5.69 Å². The molecule has 0 saturated heterocycles. The van der Waals surface area contributed by atoms with E-state index in [1.165, 1.54) is 0 Å². The predicted octanol–water partition coefficient (Wildman–Crippen LogP) is 5.68. The van der Waals surface area contributed by atoms with Crippen LogP contribution in [0.15, 0.2) is 97.1 Å². The molecule has 5 nitrogen and oxygen atoms in total. The lowest BCUT2D eigenvalue weighted by Crippen LogP contribution is -2.08. The minimum absolute atomic E-state index is 0.416. The highest BCUT2D eigenvalue weighted by atomic mass is 16.5. The van der Waals surface area contributed by atoms with Crippen LogP contribution >= 0.6 is 0 Å². The summed E-state index contributed by atoms with van der Waals surface area (Å²) >= 11 is 0. The van der Waals surface area contributed by atoms with Crippen LogP contribution in [0.1, 0.15) is 26.3 Å². The number of ether oxygens (including phenoxy) is 2. The number of hydrogen-bond donors (Lipinski definition) is 1. The van der Waals surface area contributed by atoms with Crippen molar-refractivity contribution in [2.45, 2.75) is 6.92 Å². The maximum Gasteiger partial charge on any atom is 0.343 e. The van der Waals surface area contributed by atoms with Gasteiger partial charge in [-0.25, -0.2) is 9.59 Å². The summed E-state index contributed by atoms with van der Waals surface area (Å²) in [4.78, 5) is 24.7. The first-order valence-corrected chi connectivity index (χ1v) is 10.0. The first kappa shape index (κ1) is 20.9. The van der Waals surface area contributed by atoms with E-state index in [0.717, 1.165) is 16.7 Å². The van der Waals surface area contributed by atoms with Crippen LogP contribution in [0.4, 0.5) is 5.69 Å². The maximum absolute atomic E-state index is 12.4. The van der Waals surface area contributed by atoms with E-state index < -0.39 is 11.9 Å². The van der Waals surface area contributed by atoms with Gasteiger partial charge in [0.25, 0.3) is 0 Å². The first-order chi connectivity index (χ1) is 15.5. The Hall–Kier alpha value is -4.38. The summed E-state index contributed by atoms with van der Waals surface area (Å²) in [6, 6.07) is 28.1. The fourth-order valence-electron chi connectivity index (χ4n) is 3.07. The van der Waals surface area contributed by atoms with E-state index in [9.17, 15) is 9.59 Å². The lowest BCUT2D eigenvalue weighted by Gasteiger charge is -2.07. The zero-order valence-corrected chi connectivity index (χ0v) is 17.4. The van der Waals surface area contributed by atoms with Crippen molar-refractivity contribution in [3.8, 4) is 22.6 Å². The average molecular weight is 423 g/mol. The minimum Gasteiger partial charge on any atom is -0.423 e. The molecular formula is C27H21NO4. The molecule has 0 heterocycles. The number of esters is 2. The molecule has 4 aromatic rings. The molecule has 0 spiro atoms. The molecule has 0 amide bonds. The Morgan fingerprint density at radius 2 is 0.938 bits per heavy atom. The first-order valence-electron chi connectivity index (χ1n) is 10.0. The predicted molar refractivity (Wildman–Crippen MR) is 124 cm³/mol. The van der Waals surface area contributed by atoms with Crippen LogP contribution in [-0.2, 0) is 0 Å². The van der Waals surface area contributed by atoms with Crippen molar-refractivity contribution in [2.75, 3.05) is 5.73 Å². The van der Waals surface area contributed by atoms with E-state index in [1.807, 2.05) is 43.3 Å². The van der Waals surface area contributed by atoms with Gasteiger partial charge in [0.05, 0.1) is 11.1 Å². The third-order valence-electron chi connectivity index (χ3n) is 4.90. The van der Waals surface area contributed by atoms with Gasteiger partial charge >= 0.3 is 11.9 Å². The van der Waals surface area contributed by atoms with Crippen LogP contribution < -0.4 is 15.2 Å². The summed E-state index contributed by atoms with van der Waals surface area (Å²) < 4.78 is 10.8. The molecule has 5 heteroatoms. The second kappa shape index (κ2) is 9.18. The molecule has 0 aliphatic heterocycles. The number of carbonyl (C=O) groups excluding carboxylic acids is 2. The molecule has 0 saturated carbocycles. The topological polar surface area (TPSA) is 78.6 Å². The average Bonchev–Trinajstić information content (AvgIpc) is 2.82. The molecule has 0 radical (unpaired) electrons. The lowest BCUT2D eigenvalue weighted by atomic mass is 10.0. The summed E-state index contributed by atoms with van der Waals surface area (Å²) in [6.45, 7) is 1.97. The molecule has 0 atom stereocenters. The molecule has 2 N–H and O–H groups in total. The fraction of sp³-hybridized carbons (Fsp3) is 0.0370. The standard InChI is InChI=1S/C27H21NO4/c1-18-2-14-24(15-3-18)31-26(29)21-8-4-19(5-9-21)20-6-10-22(11-7-20)27(30)32-25-16-12-23(28)13-17-25/h2-17H,28H2,1H3. The Morgan fingerprint density at radius 3 is 1.34 bits per heavy atom. The fourth-order valence-corrected chi connectivity index (χ4v) is 3.07. The number of nitrogen functional groups attached to an aromatic ring is 1. The molecule has 0 aromatic heterocycles. The third kappa shape index (κ3) is 5.02. The Balaban J connectivity index is 1.41. The largest absolute Gasteiger partial charge is 0.423 e. The van der Waals surface area contributed by atoms with Gasteiger partial charge in [0.15, 0.2) is 0 Å². The molecule has 0 fully saturated rings. The number of rotatable bonds is 5. The number of anilines is 1. The van der Waals surface area contributed by atoms with Crippen molar-refractivity contribution in [3.63, 3.8) is 0 Å². The van der Waals surface area contributed by atoms with Crippen LogP contribution in [0.5, 0.6) is 11.5 Å². The maximum atomic E-state index is 12.4. The summed E-state index contributed by atoms with van der Waals surface area (Å²) in [5, 5.41) is 0. The quantitative estimate of drug-likeness (QED) is 0.254. The SMILES string of the molecule is Cc1ccc(OC(=O)c2ccc(-c3ccc(C(=O)Oc4ccc(N)cc4)cc3)cc2)cc1. The van der Waals surface area contributed by atoms with Crippen LogP contribution in [0.2, 0.25) is 0 Å². The second-order valence-corrected chi connectivity index (χ2v) is 7.32. The third-order valence-corrected chi connectivity index (χ3v) is 4.90. The van der Waals surface area contributed by atoms with E-state index in [0.29, 0.717) is 28.3 Å². The molecule has 4 rings (SSSR count). The second-order valence-electron chi connectivity index (χ2n) is 7.32. The summed E-state index contributed by atoms with van der Waals surface area (Å²) in [5.74, 6) is 0.0733. The Morgan fingerprint density at radius 1 is 0.562 bits per heavy atom. The Kier molecular flexibility index (Phi) is 5.99. The van der Waals surface area contributed by atoms with Crippen molar-refractivity contribution in [3.05, 3.63) is 114 Å². The van der Waals surface area contributed by atoms with Gasteiger partial charge in [0.2, 0.25) is 0 Å². The number of benzene rings is 4. The summed E-state index contributed by atoms with van der Waals surface area (Å²) in [5.41, 5.74) is 10.0. The van der Waals surface area contributed by atoms with Gasteiger partial charge < -0.3 is 15.2 Å². The Labute approximate surface area is 186 Å². The van der Waals surface area contributed by atoms with E-state index in [2.05, 4.69) is 0 Å². The van der Waals surface area contributed by atoms with Gasteiger partial charge in [-0.2, -0.15) is 0 Å². The van der Waals surface area contributed by atoms with Crippen LogP contribution in [0.25, 0.3) is 11.1 Å². The number of carbonyl (C=O) groups is 2. The van der Waals surface area contributed by atoms with E-state index in [1.54, 1.807) is 60.7 Å². The van der Waals surface area contributed by atoms with Crippen molar-refractivity contribution >= 4 is 17.6 Å². The minimum atomic E-state index is -0.449. The molecule has 0 bridgehead atoms. The van der Waals surface area contributed by atoms with Crippen molar-refractivity contribution in [1.82, 2.24) is 0 Å². The summed E-state index contributed by atoms with van der Waals surface area (Å²) in [6.07, 6.45) is 0. The molecule has 158 valence electrons.